The lowest BCUT2D eigenvalue weighted by molar-refractivity contribution is 0.0709. The molecule has 0 unspecified atom stereocenters. The van der Waals surface area contributed by atoms with Gasteiger partial charge >= 0.3 is 0 Å². The standard InChI is InChI=1S/C24H24N6O4S/c25-35(32,33)17-3-1-16(2-4-17)19-5-6-20(34-19)23(31)30-12-11-29(13-24(14-30)8-9-24)22-18-7-10-26-21(18)27-15-28-22/h1-7,10,15H,8-9,11-14H2,(H2,25,32,33)(H,26,27,28). The number of carbonyl (C=O) groups excluding carboxylic acids is 1. The maximum absolute atomic E-state index is 13.4. The summed E-state index contributed by atoms with van der Waals surface area (Å²) in [6, 6.07) is 11.4. The van der Waals surface area contributed by atoms with Crippen molar-refractivity contribution in [2.45, 2.75) is 17.7 Å². The molecule has 35 heavy (non-hydrogen) atoms. The fourth-order valence-corrected chi connectivity index (χ4v) is 5.31. The molecule has 1 aliphatic carbocycles. The Hall–Kier alpha value is -3.70. The van der Waals surface area contributed by atoms with Crippen LogP contribution in [0.15, 0.2) is 64.3 Å². The quantitative estimate of drug-likeness (QED) is 0.446. The summed E-state index contributed by atoms with van der Waals surface area (Å²) in [5, 5.41) is 6.15. The highest BCUT2D eigenvalue weighted by molar-refractivity contribution is 7.89. The van der Waals surface area contributed by atoms with Crippen molar-refractivity contribution in [2.24, 2.45) is 10.6 Å². The van der Waals surface area contributed by atoms with Crippen molar-refractivity contribution in [3.05, 3.63) is 60.7 Å². The van der Waals surface area contributed by atoms with Crippen molar-refractivity contribution >= 4 is 32.8 Å². The largest absolute Gasteiger partial charge is 0.451 e. The predicted molar refractivity (Wildman–Crippen MR) is 129 cm³/mol. The first-order valence-electron chi connectivity index (χ1n) is 11.4. The smallest absolute Gasteiger partial charge is 0.289 e. The third kappa shape index (κ3) is 4.06. The summed E-state index contributed by atoms with van der Waals surface area (Å²) >= 11 is 0. The van der Waals surface area contributed by atoms with Crippen LogP contribution in [0.5, 0.6) is 0 Å². The summed E-state index contributed by atoms with van der Waals surface area (Å²) in [7, 11) is -3.77. The van der Waals surface area contributed by atoms with Gasteiger partial charge in [0.05, 0.1) is 10.3 Å². The number of nitrogens with zero attached hydrogens (tertiary/aromatic N) is 4. The lowest BCUT2D eigenvalue weighted by Crippen LogP contribution is -2.36. The number of aromatic nitrogens is 3. The van der Waals surface area contributed by atoms with E-state index in [9.17, 15) is 13.2 Å². The second kappa shape index (κ2) is 7.92. The van der Waals surface area contributed by atoms with Crippen LogP contribution >= 0.6 is 0 Å². The number of carbonyl (C=O) groups is 1. The number of fused-ring (bicyclic) bond motifs is 1. The van der Waals surface area contributed by atoms with Crippen molar-refractivity contribution in [3.8, 4) is 11.3 Å². The van der Waals surface area contributed by atoms with Crippen molar-refractivity contribution in [1.82, 2.24) is 19.9 Å². The number of benzene rings is 1. The summed E-state index contributed by atoms with van der Waals surface area (Å²) in [5.41, 5.74) is 1.52. The number of hydrogen-bond acceptors (Lipinski definition) is 7. The van der Waals surface area contributed by atoms with Gasteiger partial charge in [0.15, 0.2) is 5.76 Å². The Balaban J connectivity index is 1.22. The molecule has 2 aliphatic rings. The minimum absolute atomic E-state index is 0.0218. The van der Waals surface area contributed by atoms with E-state index in [1.807, 2.05) is 17.2 Å². The van der Waals surface area contributed by atoms with Crippen LogP contribution in [0.1, 0.15) is 23.4 Å². The Bertz CT molecular complexity index is 1520. The Morgan fingerprint density at radius 2 is 1.83 bits per heavy atom. The molecule has 1 amide bonds. The molecule has 1 aromatic carbocycles. The van der Waals surface area contributed by atoms with E-state index in [1.54, 1.807) is 30.6 Å². The zero-order valence-electron chi connectivity index (χ0n) is 18.8. The van der Waals surface area contributed by atoms with Crippen molar-refractivity contribution in [3.63, 3.8) is 0 Å². The molecular weight excluding hydrogens is 468 g/mol. The lowest BCUT2D eigenvalue weighted by Gasteiger charge is -2.25. The zero-order chi connectivity index (χ0) is 24.2. The maximum Gasteiger partial charge on any atom is 0.289 e. The molecule has 180 valence electrons. The van der Waals surface area contributed by atoms with Gasteiger partial charge in [-0.15, -0.1) is 0 Å². The molecule has 3 N–H and O–H groups in total. The molecule has 0 atom stereocenters. The van der Waals surface area contributed by atoms with Crippen molar-refractivity contribution < 1.29 is 17.6 Å². The van der Waals surface area contributed by atoms with Gasteiger partial charge < -0.3 is 19.2 Å². The fraction of sp³-hybridized carbons (Fsp3) is 0.292. The number of amides is 1. The first-order chi connectivity index (χ1) is 16.8. The van der Waals surface area contributed by atoms with E-state index in [2.05, 4.69) is 19.9 Å². The molecule has 0 bridgehead atoms. The van der Waals surface area contributed by atoms with Crippen LogP contribution in [-0.4, -0.2) is 60.4 Å². The number of H-pyrrole nitrogens is 1. The van der Waals surface area contributed by atoms with Gasteiger partial charge in [-0.25, -0.2) is 23.5 Å². The van der Waals surface area contributed by atoms with E-state index in [0.717, 1.165) is 36.2 Å². The zero-order valence-corrected chi connectivity index (χ0v) is 19.7. The average molecular weight is 493 g/mol. The molecule has 1 spiro atoms. The summed E-state index contributed by atoms with van der Waals surface area (Å²) < 4.78 is 28.9. The van der Waals surface area contributed by atoms with Crippen molar-refractivity contribution in [2.75, 3.05) is 31.1 Å². The molecule has 10 nitrogen and oxygen atoms in total. The number of anilines is 1. The second-order valence-corrected chi connectivity index (χ2v) is 10.9. The van der Waals surface area contributed by atoms with Gasteiger partial charge in [-0.1, -0.05) is 0 Å². The van der Waals surface area contributed by atoms with Crippen LogP contribution in [0.2, 0.25) is 0 Å². The topological polar surface area (TPSA) is 138 Å². The van der Waals surface area contributed by atoms with Crippen LogP contribution in [0.25, 0.3) is 22.4 Å². The Labute approximate surface area is 201 Å². The Morgan fingerprint density at radius 1 is 1.03 bits per heavy atom. The Kier molecular flexibility index (Phi) is 4.94. The maximum atomic E-state index is 13.4. The molecule has 2 fully saturated rings. The summed E-state index contributed by atoms with van der Waals surface area (Å²) in [5.74, 6) is 1.48. The van der Waals surface area contributed by atoms with Gasteiger partial charge in [-0.2, -0.15) is 0 Å². The summed E-state index contributed by atoms with van der Waals surface area (Å²) in [6.07, 6.45) is 5.56. The molecule has 4 aromatic rings. The third-order valence-electron chi connectivity index (χ3n) is 6.85. The van der Waals surface area contributed by atoms with Crippen LogP contribution in [0.3, 0.4) is 0 Å². The average Bonchev–Trinajstić information content (AvgIpc) is 3.24. The van der Waals surface area contributed by atoms with Gasteiger partial charge in [0.2, 0.25) is 10.0 Å². The van der Waals surface area contributed by atoms with E-state index in [1.165, 1.54) is 12.1 Å². The van der Waals surface area contributed by atoms with Crippen LogP contribution < -0.4 is 10.0 Å². The molecule has 3 aromatic heterocycles. The summed E-state index contributed by atoms with van der Waals surface area (Å²) in [4.78, 5) is 29.5. The van der Waals surface area contributed by atoms with E-state index in [4.69, 9.17) is 9.56 Å². The van der Waals surface area contributed by atoms with Gasteiger partial charge in [0.25, 0.3) is 5.91 Å². The highest BCUT2D eigenvalue weighted by Crippen LogP contribution is 2.48. The number of rotatable bonds is 4. The van der Waals surface area contributed by atoms with E-state index in [0.29, 0.717) is 31.0 Å². The number of nitrogens with two attached hydrogens (primary N) is 1. The molecule has 1 saturated carbocycles. The normalized spacial score (nSPS) is 17.6. The van der Waals surface area contributed by atoms with Gasteiger partial charge in [0.1, 0.15) is 23.6 Å². The number of furan rings is 1. The highest BCUT2D eigenvalue weighted by atomic mass is 32.2. The third-order valence-corrected chi connectivity index (χ3v) is 7.78. The SMILES string of the molecule is NS(=O)(=O)c1ccc(-c2ccc(C(=O)N3CCN(c4ncnc5[nH]ccc45)CC4(CC4)C3)o2)cc1. The molecule has 11 heteroatoms. The number of nitrogens with one attached hydrogen (secondary N) is 1. The number of primary sulfonamides is 1. The number of hydrogen-bond donors (Lipinski definition) is 2. The van der Waals surface area contributed by atoms with Crippen molar-refractivity contribution in [1.29, 1.82) is 0 Å². The molecule has 1 aliphatic heterocycles. The molecule has 1 saturated heterocycles. The van der Waals surface area contributed by atoms with Crippen LogP contribution in [0, 0.1) is 5.41 Å². The molecule has 6 rings (SSSR count). The lowest BCUT2D eigenvalue weighted by atomic mass is 10.1. The van der Waals surface area contributed by atoms with Crippen LogP contribution in [-0.2, 0) is 10.0 Å². The number of aromatic amines is 1. The first kappa shape index (κ1) is 21.8. The minimum Gasteiger partial charge on any atom is -0.451 e. The Morgan fingerprint density at radius 3 is 2.57 bits per heavy atom. The van der Waals surface area contributed by atoms with E-state index < -0.39 is 10.0 Å². The van der Waals surface area contributed by atoms with Gasteiger partial charge in [0, 0.05) is 43.4 Å². The minimum atomic E-state index is -3.77. The molecule has 4 heterocycles. The molecular formula is C24H24N6O4S. The second-order valence-electron chi connectivity index (χ2n) is 9.32. The van der Waals surface area contributed by atoms with Gasteiger partial charge in [-0.05, 0) is 55.3 Å². The predicted octanol–water partition coefficient (Wildman–Crippen LogP) is 2.61. The monoisotopic (exact) mass is 492 g/mol. The van der Waals surface area contributed by atoms with E-state index >= 15 is 0 Å². The fourth-order valence-electron chi connectivity index (χ4n) is 4.79. The first-order valence-corrected chi connectivity index (χ1v) is 12.9. The highest BCUT2D eigenvalue weighted by Gasteiger charge is 2.48. The molecule has 0 radical (unpaired) electrons. The van der Waals surface area contributed by atoms with Gasteiger partial charge in [-0.3, -0.25) is 4.79 Å². The van der Waals surface area contributed by atoms with E-state index in [-0.39, 0.29) is 22.0 Å². The number of sulfonamides is 1. The summed E-state index contributed by atoms with van der Waals surface area (Å²) in [6.45, 7) is 2.72. The van der Waals surface area contributed by atoms with Crippen LogP contribution in [0.4, 0.5) is 5.82 Å².